The number of rotatable bonds is 6. The van der Waals surface area contributed by atoms with Crippen molar-refractivity contribution < 1.29 is 27.4 Å². The Morgan fingerprint density at radius 1 is 1.25 bits per heavy atom. The van der Waals surface area contributed by atoms with Gasteiger partial charge >= 0.3 is 12.1 Å². The molecule has 8 heteroatoms. The summed E-state index contributed by atoms with van der Waals surface area (Å²) >= 11 is 0. The zero-order chi connectivity index (χ0) is 23.5. The summed E-state index contributed by atoms with van der Waals surface area (Å²) in [6, 6.07) is 11.8. The van der Waals surface area contributed by atoms with Gasteiger partial charge in [0.2, 0.25) is 0 Å². The van der Waals surface area contributed by atoms with E-state index in [9.17, 15) is 23.2 Å². The van der Waals surface area contributed by atoms with Crippen molar-refractivity contribution in [3.63, 3.8) is 0 Å². The summed E-state index contributed by atoms with van der Waals surface area (Å²) in [6.45, 7) is 3.24. The molecule has 1 amide bonds. The predicted octanol–water partition coefficient (Wildman–Crippen LogP) is 5.68. The molecule has 3 rings (SSSR count). The van der Waals surface area contributed by atoms with E-state index in [1.54, 1.807) is 37.3 Å². The second kappa shape index (κ2) is 9.35. The van der Waals surface area contributed by atoms with Crippen LogP contribution in [0.2, 0.25) is 0 Å². The van der Waals surface area contributed by atoms with Crippen LogP contribution in [-0.2, 0) is 4.79 Å². The molecule has 0 fully saturated rings. The summed E-state index contributed by atoms with van der Waals surface area (Å²) in [4.78, 5) is 12.8. The highest BCUT2D eigenvalue weighted by molar-refractivity contribution is 5.89. The first kappa shape index (κ1) is 23.2. The van der Waals surface area contributed by atoms with Crippen LogP contribution in [0.15, 0.2) is 42.5 Å². The number of fused-ring (bicyclic) bond motifs is 2. The average Bonchev–Trinajstić information content (AvgIpc) is 2.79. The topological polar surface area (TPSA) is 62.6 Å². The van der Waals surface area contributed by atoms with Gasteiger partial charge in [-0.3, -0.25) is 4.79 Å². The zero-order valence-electron chi connectivity index (χ0n) is 18.0. The number of methoxy groups -OCH3 is 1. The fourth-order valence-electron chi connectivity index (χ4n) is 3.87. The van der Waals surface area contributed by atoms with Gasteiger partial charge in [-0.15, -0.1) is 0 Å². The zero-order valence-corrected chi connectivity index (χ0v) is 18.0. The SMILES string of the molecule is CCC(C/C=C1\c2ccc(C#N)cc2Oc2c(OC)cccc21)N(CC)C(=O)C(F)(F)F. The van der Waals surface area contributed by atoms with E-state index in [1.807, 2.05) is 12.1 Å². The third-order valence-electron chi connectivity index (χ3n) is 5.45. The molecule has 0 saturated carbocycles. The maximum atomic E-state index is 13.1. The predicted molar refractivity (Wildman–Crippen MR) is 113 cm³/mol. The molecule has 1 atom stereocenters. The molecule has 2 aromatic carbocycles. The molecule has 5 nitrogen and oxygen atoms in total. The Hall–Kier alpha value is -3.47. The molecule has 1 aliphatic rings. The fourth-order valence-corrected chi connectivity index (χ4v) is 3.87. The number of amides is 1. The monoisotopic (exact) mass is 444 g/mol. The number of benzene rings is 2. The lowest BCUT2D eigenvalue weighted by Gasteiger charge is -2.31. The number of alkyl halides is 3. The molecule has 0 saturated heterocycles. The van der Waals surface area contributed by atoms with Crippen LogP contribution in [0, 0.1) is 11.3 Å². The summed E-state index contributed by atoms with van der Waals surface area (Å²) in [5, 5.41) is 9.24. The van der Waals surface area contributed by atoms with Crippen molar-refractivity contribution in [2.75, 3.05) is 13.7 Å². The van der Waals surface area contributed by atoms with E-state index in [0.717, 1.165) is 16.0 Å². The first-order valence-electron chi connectivity index (χ1n) is 10.2. The highest BCUT2D eigenvalue weighted by Gasteiger charge is 2.43. The number of nitrogens with zero attached hydrogens (tertiary/aromatic N) is 2. The van der Waals surface area contributed by atoms with E-state index in [4.69, 9.17) is 9.47 Å². The van der Waals surface area contributed by atoms with E-state index in [0.29, 0.717) is 34.8 Å². The average molecular weight is 444 g/mol. The number of carbonyl (C=O) groups excluding carboxylic acids is 1. The second-order valence-corrected chi connectivity index (χ2v) is 7.27. The minimum Gasteiger partial charge on any atom is -0.493 e. The summed E-state index contributed by atoms with van der Waals surface area (Å²) in [7, 11) is 1.51. The number of carbonyl (C=O) groups is 1. The van der Waals surface area contributed by atoms with Crippen molar-refractivity contribution in [1.82, 2.24) is 4.90 Å². The molecule has 0 radical (unpaired) electrons. The van der Waals surface area contributed by atoms with Gasteiger partial charge < -0.3 is 14.4 Å². The lowest BCUT2D eigenvalue weighted by atomic mass is 9.91. The summed E-state index contributed by atoms with van der Waals surface area (Å²) in [5.74, 6) is -0.413. The molecule has 0 aromatic heterocycles. The van der Waals surface area contributed by atoms with Gasteiger partial charge in [-0.1, -0.05) is 25.1 Å². The van der Waals surface area contributed by atoms with Crippen molar-refractivity contribution in [3.8, 4) is 23.3 Å². The molecular formula is C24H23F3N2O3. The first-order valence-corrected chi connectivity index (χ1v) is 10.2. The van der Waals surface area contributed by atoms with Crippen LogP contribution in [0.3, 0.4) is 0 Å². The molecule has 168 valence electrons. The van der Waals surface area contributed by atoms with Crippen molar-refractivity contribution in [2.24, 2.45) is 0 Å². The Morgan fingerprint density at radius 2 is 2.00 bits per heavy atom. The van der Waals surface area contributed by atoms with Crippen molar-refractivity contribution in [1.29, 1.82) is 5.26 Å². The number of ether oxygens (including phenoxy) is 2. The Bertz CT molecular complexity index is 1090. The summed E-state index contributed by atoms with van der Waals surface area (Å²) in [6.07, 6.45) is -2.51. The van der Waals surface area contributed by atoms with Crippen LogP contribution >= 0.6 is 0 Å². The number of hydrogen-bond donors (Lipinski definition) is 0. The van der Waals surface area contributed by atoms with Gasteiger partial charge in [0.05, 0.1) is 18.7 Å². The Balaban J connectivity index is 2.06. The normalized spacial score (nSPS) is 14.6. The lowest BCUT2D eigenvalue weighted by molar-refractivity contribution is -0.187. The van der Waals surface area contributed by atoms with Gasteiger partial charge in [-0.25, -0.2) is 0 Å². The molecule has 2 aromatic rings. The maximum Gasteiger partial charge on any atom is 0.471 e. The maximum absolute atomic E-state index is 13.1. The van der Waals surface area contributed by atoms with Crippen LogP contribution < -0.4 is 9.47 Å². The quantitative estimate of drug-likeness (QED) is 0.491. The van der Waals surface area contributed by atoms with Gasteiger partial charge in [-0.05, 0) is 49.6 Å². The van der Waals surface area contributed by atoms with E-state index in [-0.39, 0.29) is 13.0 Å². The number of halogens is 3. The van der Waals surface area contributed by atoms with E-state index < -0.39 is 18.1 Å². The van der Waals surface area contributed by atoms with E-state index in [2.05, 4.69) is 6.07 Å². The molecule has 0 aliphatic carbocycles. The third-order valence-corrected chi connectivity index (χ3v) is 5.45. The molecule has 1 unspecified atom stereocenters. The first-order chi connectivity index (χ1) is 15.2. The Labute approximate surface area is 184 Å². The van der Waals surface area contributed by atoms with E-state index in [1.165, 1.54) is 14.0 Å². The molecule has 32 heavy (non-hydrogen) atoms. The number of nitriles is 1. The smallest absolute Gasteiger partial charge is 0.471 e. The van der Waals surface area contributed by atoms with Gasteiger partial charge in [0.15, 0.2) is 11.5 Å². The van der Waals surface area contributed by atoms with Crippen molar-refractivity contribution >= 4 is 11.5 Å². The molecule has 1 aliphatic heterocycles. The van der Waals surface area contributed by atoms with Gasteiger partial charge in [0.25, 0.3) is 0 Å². The largest absolute Gasteiger partial charge is 0.493 e. The van der Waals surface area contributed by atoms with Crippen LogP contribution in [0.4, 0.5) is 13.2 Å². The van der Waals surface area contributed by atoms with Gasteiger partial charge in [-0.2, -0.15) is 18.4 Å². The second-order valence-electron chi connectivity index (χ2n) is 7.27. The Kier molecular flexibility index (Phi) is 6.78. The van der Waals surface area contributed by atoms with E-state index >= 15 is 0 Å². The molecule has 1 heterocycles. The lowest BCUT2D eigenvalue weighted by Crippen LogP contribution is -2.46. The van der Waals surface area contributed by atoms with Crippen molar-refractivity contribution in [2.45, 2.75) is 38.9 Å². The molecule has 0 spiro atoms. The summed E-state index contributed by atoms with van der Waals surface area (Å²) < 4.78 is 50.6. The minimum atomic E-state index is -4.92. The standard InChI is InChI=1S/C24H23F3N2O3/c1-4-16(29(5-2)23(30)24(25,26)27)10-12-17-18-11-9-15(14-28)13-21(18)32-22-19(17)7-6-8-20(22)31-3/h6-9,11-13,16H,4-5,10H2,1-3H3/b17-12+. The van der Waals surface area contributed by atoms with Gasteiger partial charge in [0, 0.05) is 23.7 Å². The van der Waals surface area contributed by atoms with Crippen LogP contribution in [-0.4, -0.2) is 36.7 Å². The van der Waals surface area contributed by atoms with Crippen LogP contribution in [0.1, 0.15) is 43.4 Å². The number of para-hydroxylation sites is 1. The number of hydrogen-bond acceptors (Lipinski definition) is 4. The highest BCUT2D eigenvalue weighted by atomic mass is 19.4. The van der Waals surface area contributed by atoms with Crippen molar-refractivity contribution in [3.05, 3.63) is 59.2 Å². The molecule has 0 N–H and O–H groups in total. The minimum absolute atomic E-state index is 0.0460. The third kappa shape index (κ3) is 4.42. The fraction of sp³-hybridized carbons (Fsp3) is 0.333. The van der Waals surface area contributed by atoms with Crippen LogP contribution in [0.25, 0.3) is 5.57 Å². The highest BCUT2D eigenvalue weighted by Crippen LogP contribution is 2.48. The summed E-state index contributed by atoms with van der Waals surface area (Å²) in [5.41, 5.74) is 2.60. The Morgan fingerprint density at radius 3 is 2.59 bits per heavy atom. The molecular weight excluding hydrogens is 421 g/mol. The molecule has 0 bridgehead atoms. The van der Waals surface area contributed by atoms with Crippen LogP contribution in [0.5, 0.6) is 17.2 Å². The van der Waals surface area contributed by atoms with Gasteiger partial charge in [0.1, 0.15) is 5.75 Å².